The number of halogens is 2. The Balaban J connectivity index is 2.81. The van der Waals surface area contributed by atoms with Gasteiger partial charge >= 0.3 is 0 Å². The minimum atomic E-state index is -0.379. The van der Waals surface area contributed by atoms with Gasteiger partial charge in [-0.2, -0.15) is 0 Å². The highest BCUT2D eigenvalue weighted by Crippen LogP contribution is 2.27. The van der Waals surface area contributed by atoms with Crippen molar-refractivity contribution in [3.8, 4) is 0 Å². The quantitative estimate of drug-likeness (QED) is 0.817. The molecule has 0 aromatic heterocycles. The van der Waals surface area contributed by atoms with Crippen molar-refractivity contribution in [2.45, 2.75) is 45.1 Å². The lowest BCUT2D eigenvalue weighted by atomic mass is 9.90. The maximum atomic E-state index is 13.5. The van der Waals surface area contributed by atoms with Gasteiger partial charge in [-0.1, -0.05) is 6.92 Å². The average molecular weight is 227 g/mol. The van der Waals surface area contributed by atoms with E-state index in [1.54, 1.807) is 0 Å². The van der Waals surface area contributed by atoms with Crippen LogP contribution in [0.2, 0.25) is 0 Å². The second-order valence-corrected chi connectivity index (χ2v) is 4.33. The molecule has 0 saturated carbocycles. The van der Waals surface area contributed by atoms with Gasteiger partial charge in [-0.25, -0.2) is 8.78 Å². The van der Waals surface area contributed by atoms with Crippen molar-refractivity contribution in [2.24, 2.45) is 5.73 Å². The fourth-order valence-electron chi connectivity index (χ4n) is 1.87. The van der Waals surface area contributed by atoms with E-state index in [9.17, 15) is 8.78 Å². The molecule has 0 amide bonds. The Bertz CT molecular complexity index is 337. The molecule has 2 unspecified atom stereocenters. The first kappa shape index (κ1) is 13.1. The van der Waals surface area contributed by atoms with Gasteiger partial charge in [0.25, 0.3) is 0 Å². The third-order valence-corrected chi connectivity index (χ3v) is 2.86. The Morgan fingerprint density at radius 3 is 2.50 bits per heavy atom. The van der Waals surface area contributed by atoms with Crippen molar-refractivity contribution in [1.82, 2.24) is 0 Å². The normalized spacial score (nSPS) is 14.8. The van der Waals surface area contributed by atoms with E-state index in [4.69, 9.17) is 5.73 Å². The number of rotatable bonds is 5. The summed E-state index contributed by atoms with van der Waals surface area (Å²) in [4.78, 5) is 0. The highest BCUT2D eigenvalue weighted by Gasteiger charge is 2.15. The summed E-state index contributed by atoms with van der Waals surface area (Å²) in [6.45, 7) is 3.91. The molecule has 90 valence electrons. The predicted molar refractivity (Wildman–Crippen MR) is 62.3 cm³/mol. The van der Waals surface area contributed by atoms with Gasteiger partial charge in [0.05, 0.1) is 0 Å². The number of benzene rings is 1. The molecule has 0 aliphatic carbocycles. The third-order valence-electron chi connectivity index (χ3n) is 2.86. The number of nitrogens with two attached hydrogens (primary N) is 1. The minimum Gasteiger partial charge on any atom is -0.328 e. The molecule has 1 rings (SSSR count). The first-order valence-electron chi connectivity index (χ1n) is 5.75. The highest BCUT2D eigenvalue weighted by atomic mass is 19.1. The lowest BCUT2D eigenvalue weighted by Crippen LogP contribution is -2.16. The van der Waals surface area contributed by atoms with Crippen LogP contribution in [0, 0.1) is 11.6 Å². The van der Waals surface area contributed by atoms with Crippen LogP contribution < -0.4 is 5.73 Å². The SMILES string of the molecule is CCC(CCC(C)N)c1cc(F)ccc1F. The van der Waals surface area contributed by atoms with Gasteiger partial charge in [0.2, 0.25) is 0 Å². The van der Waals surface area contributed by atoms with Crippen molar-refractivity contribution < 1.29 is 8.78 Å². The molecule has 0 aliphatic heterocycles. The van der Waals surface area contributed by atoms with Gasteiger partial charge in [-0.05, 0) is 55.9 Å². The molecule has 0 spiro atoms. The zero-order valence-electron chi connectivity index (χ0n) is 9.84. The van der Waals surface area contributed by atoms with Gasteiger partial charge in [-0.3, -0.25) is 0 Å². The van der Waals surface area contributed by atoms with Crippen LogP contribution >= 0.6 is 0 Å². The average Bonchev–Trinajstić information content (AvgIpc) is 2.23. The summed E-state index contributed by atoms with van der Waals surface area (Å²) < 4.78 is 26.6. The van der Waals surface area contributed by atoms with Crippen LogP contribution in [0.15, 0.2) is 18.2 Å². The fourth-order valence-corrected chi connectivity index (χ4v) is 1.87. The Kier molecular flexibility index (Phi) is 4.87. The van der Waals surface area contributed by atoms with Crippen molar-refractivity contribution in [3.05, 3.63) is 35.4 Å². The Labute approximate surface area is 95.7 Å². The molecule has 0 fully saturated rings. The van der Waals surface area contributed by atoms with Crippen LogP contribution in [0.25, 0.3) is 0 Å². The van der Waals surface area contributed by atoms with Crippen LogP contribution in [0.5, 0.6) is 0 Å². The van der Waals surface area contributed by atoms with Gasteiger partial charge in [0, 0.05) is 6.04 Å². The van der Waals surface area contributed by atoms with Gasteiger partial charge in [0.1, 0.15) is 11.6 Å². The first-order valence-corrected chi connectivity index (χ1v) is 5.75. The zero-order chi connectivity index (χ0) is 12.1. The Morgan fingerprint density at radius 2 is 1.94 bits per heavy atom. The van der Waals surface area contributed by atoms with Crippen molar-refractivity contribution >= 4 is 0 Å². The molecule has 0 heterocycles. The largest absolute Gasteiger partial charge is 0.328 e. The molecule has 1 aromatic rings. The van der Waals surface area contributed by atoms with Crippen LogP contribution in [0.3, 0.4) is 0 Å². The molecule has 16 heavy (non-hydrogen) atoms. The molecule has 1 aromatic carbocycles. The highest BCUT2D eigenvalue weighted by molar-refractivity contribution is 5.22. The second kappa shape index (κ2) is 5.94. The molecular formula is C13H19F2N. The van der Waals surface area contributed by atoms with Crippen LogP contribution in [0.4, 0.5) is 8.78 Å². The molecule has 0 aliphatic rings. The summed E-state index contributed by atoms with van der Waals surface area (Å²) in [5.41, 5.74) is 6.15. The van der Waals surface area contributed by atoms with E-state index in [1.807, 2.05) is 13.8 Å². The van der Waals surface area contributed by atoms with Crippen LogP contribution in [-0.4, -0.2) is 6.04 Å². The van der Waals surface area contributed by atoms with Crippen molar-refractivity contribution in [1.29, 1.82) is 0 Å². The fraction of sp³-hybridized carbons (Fsp3) is 0.538. The molecule has 2 N–H and O–H groups in total. The summed E-state index contributed by atoms with van der Waals surface area (Å²) in [7, 11) is 0. The Hall–Kier alpha value is -0.960. The summed E-state index contributed by atoms with van der Waals surface area (Å²) >= 11 is 0. The zero-order valence-corrected chi connectivity index (χ0v) is 9.84. The molecule has 0 bridgehead atoms. The maximum Gasteiger partial charge on any atom is 0.126 e. The van der Waals surface area contributed by atoms with Gasteiger partial charge < -0.3 is 5.73 Å². The first-order chi connectivity index (χ1) is 7.54. The summed E-state index contributed by atoms with van der Waals surface area (Å²) in [5.74, 6) is -0.643. The molecule has 3 heteroatoms. The van der Waals surface area contributed by atoms with Crippen molar-refractivity contribution in [2.75, 3.05) is 0 Å². The van der Waals surface area contributed by atoms with E-state index >= 15 is 0 Å². The second-order valence-electron chi connectivity index (χ2n) is 4.33. The van der Waals surface area contributed by atoms with Gasteiger partial charge in [-0.15, -0.1) is 0 Å². The molecular weight excluding hydrogens is 208 g/mol. The maximum absolute atomic E-state index is 13.5. The van der Waals surface area contributed by atoms with E-state index in [0.29, 0.717) is 5.56 Å². The van der Waals surface area contributed by atoms with Crippen LogP contribution in [-0.2, 0) is 0 Å². The lowest BCUT2D eigenvalue weighted by molar-refractivity contribution is 0.499. The van der Waals surface area contributed by atoms with Crippen LogP contribution in [0.1, 0.15) is 44.6 Å². The van der Waals surface area contributed by atoms with Gasteiger partial charge in [0.15, 0.2) is 0 Å². The molecule has 1 nitrogen and oxygen atoms in total. The summed E-state index contributed by atoms with van der Waals surface area (Å²) in [5, 5.41) is 0. The van der Waals surface area contributed by atoms with E-state index in [0.717, 1.165) is 25.3 Å². The Morgan fingerprint density at radius 1 is 1.25 bits per heavy atom. The van der Waals surface area contributed by atoms with E-state index < -0.39 is 0 Å². The number of hydrogen-bond donors (Lipinski definition) is 1. The smallest absolute Gasteiger partial charge is 0.126 e. The summed E-state index contributed by atoms with van der Waals surface area (Å²) in [6, 6.07) is 3.74. The van der Waals surface area contributed by atoms with E-state index in [2.05, 4.69) is 0 Å². The third kappa shape index (κ3) is 3.56. The monoisotopic (exact) mass is 227 g/mol. The summed E-state index contributed by atoms with van der Waals surface area (Å²) in [6.07, 6.45) is 2.43. The topological polar surface area (TPSA) is 26.0 Å². The lowest BCUT2D eigenvalue weighted by Gasteiger charge is -2.17. The standard InChI is InChI=1S/C13H19F2N/c1-3-10(5-4-9(2)16)12-8-11(14)6-7-13(12)15/h6-10H,3-5,16H2,1-2H3. The van der Waals surface area contributed by atoms with E-state index in [1.165, 1.54) is 12.1 Å². The molecule has 2 atom stereocenters. The van der Waals surface area contributed by atoms with Crippen molar-refractivity contribution in [3.63, 3.8) is 0 Å². The molecule has 0 radical (unpaired) electrons. The number of hydrogen-bond acceptors (Lipinski definition) is 1. The minimum absolute atomic E-state index is 0.0571. The van der Waals surface area contributed by atoms with E-state index in [-0.39, 0.29) is 23.6 Å². The molecule has 0 saturated heterocycles. The predicted octanol–water partition coefficient (Wildman–Crippen LogP) is 3.59.